The van der Waals surface area contributed by atoms with Crippen LogP contribution in [0.5, 0.6) is 5.75 Å². The molecule has 0 saturated heterocycles. The molecular formula is C15H24N2O. The molecule has 0 aliphatic rings. The van der Waals surface area contributed by atoms with E-state index in [-0.39, 0.29) is 0 Å². The van der Waals surface area contributed by atoms with Gasteiger partial charge in [-0.3, -0.25) is 11.3 Å². The lowest BCUT2D eigenvalue weighted by molar-refractivity contribution is 0.280. The van der Waals surface area contributed by atoms with Crippen molar-refractivity contribution in [2.45, 2.75) is 38.6 Å². The minimum absolute atomic E-state index is 0.315. The van der Waals surface area contributed by atoms with Gasteiger partial charge in [0, 0.05) is 6.04 Å². The summed E-state index contributed by atoms with van der Waals surface area (Å²) in [6, 6.07) is 8.41. The van der Waals surface area contributed by atoms with E-state index in [1.54, 1.807) is 0 Å². The fourth-order valence-corrected chi connectivity index (χ4v) is 1.84. The van der Waals surface area contributed by atoms with E-state index in [1.807, 2.05) is 24.3 Å². The summed E-state index contributed by atoms with van der Waals surface area (Å²) in [6.45, 7) is 6.47. The van der Waals surface area contributed by atoms with E-state index in [0.29, 0.717) is 12.6 Å². The molecule has 1 atom stereocenters. The molecule has 0 aliphatic heterocycles. The normalized spacial score (nSPS) is 12.1. The second-order valence-corrected chi connectivity index (χ2v) is 4.54. The van der Waals surface area contributed by atoms with Gasteiger partial charge in [0.15, 0.2) is 0 Å². The van der Waals surface area contributed by atoms with Crippen molar-refractivity contribution in [1.82, 2.24) is 5.43 Å². The first-order chi connectivity index (χ1) is 8.76. The van der Waals surface area contributed by atoms with E-state index in [9.17, 15) is 0 Å². The van der Waals surface area contributed by atoms with Gasteiger partial charge in [-0.15, -0.1) is 6.58 Å². The first-order valence-electron chi connectivity index (χ1n) is 6.52. The van der Waals surface area contributed by atoms with Crippen LogP contribution in [-0.2, 0) is 0 Å². The highest BCUT2D eigenvalue weighted by Crippen LogP contribution is 2.13. The van der Waals surface area contributed by atoms with Gasteiger partial charge in [-0.1, -0.05) is 18.2 Å². The maximum atomic E-state index is 5.71. The largest absolute Gasteiger partial charge is 0.494 e. The number of aryl methyl sites for hydroxylation is 1. The van der Waals surface area contributed by atoms with Crippen LogP contribution in [0.4, 0.5) is 0 Å². The zero-order valence-electron chi connectivity index (χ0n) is 11.2. The number of benzene rings is 1. The van der Waals surface area contributed by atoms with Gasteiger partial charge in [0.1, 0.15) is 5.75 Å². The number of nitrogens with two attached hydrogens (primary N) is 1. The Hall–Kier alpha value is -1.32. The van der Waals surface area contributed by atoms with Crippen LogP contribution in [0.1, 0.15) is 31.2 Å². The molecule has 0 aliphatic carbocycles. The summed E-state index contributed by atoms with van der Waals surface area (Å²) in [4.78, 5) is 0. The Bertz CT molecular complexity index is 352. The lowest BCUT2D eigenvalue weighted by atomic mass is 10.1. The molecule has 0 radical (unpaired) electrons. The molecule has 0 bridgehead atoms. The predicted molar refractivity (Wildman–Crippen MR) is 76.5 cm³/mol. The Morgan fingerprint density at radius 1 is 1.44 bits per heavy atom. The Morgan fingerprint density at radius 3 is 2.94 bits per heavy atom. The summed E-state index contributed by atoms with van der Waals surface area (Å²) < 4.78 is 5.71. The number of allylic oxidation sites excluding steroid dienone is 1. The highest BCUT2D eigenvalue weighted by Gasteiger charge is 2.06. The summed E-state index contributed by atoms with van der Waals surface area (Å²) in [5, 5.41) is 0. The van der Waals surface area contributed by atoms with Crippen molar-refractivity contribution in [2.24, 2.45) is 5.84 Å². The maximum Gasteiger partial charge on any atom is 0.119 e. The number of rotatable bonds is 9. The van der Waals surface area contributed by atoms with Crippen LogP contribution >= 0.6 is 0 Å². The lowest BCUT2D eigenvalue weighted by Crippen LogP contribution is -2.36. The molecule has 0 heterocycles. The van der Waals surface area contributed by atoms with Crippen LogP contribution in [-0.4, -0.2) is 12.6 Å². The third kappa shape index (κ3) is 5.84. The molecule has 1 aromatic rings. The molecule has 100 valence electrons. The van der Waals surface area contributed by atoms with Crippen LogP contribution in [0.25, 0.3) is 0 Å². The van der Waals surface area contributed by atoms with Crippen molar-refractivity contribution in [1.29, 1.82) is 0 Å². The molecule has 0 amide bonds. The van der Waals surface area contributed by atoms with E-state index >= 15 is 0 Å². The molecule has 1 unspecified atom stereocenters. The Morgan fingerprint density at radius 2 is 2.28 bits per heavy atom. The SMILES string of the molecule is C=CCCCC(CCOc1cccc(C)c1)NN. The lowest BCUT2D eigenvalue weighted by Gasteiger charge is -2.15. The van der Waals surface area contributed by atoms with Crippen molar-refractivity contribution < 1.29 is 4.74 Å². The molecule has 0 fully saturated rings. The highest BCUT2D eigenvalue weighted by atomic mass is 16.5. The number of hydrogen-bond donors (Lipinski definition) is 2. The zero-order valence-corrected chi connectivity index (χ0v) is 11.2. The second-order valence-electron chi connectivity index (χ2n) is 4.54. The van der Waals surface area contributed by atoms with Gasteiger partial charge in [0.05, 0.1) is 6.61 Å². The van der Waals surface area contributed by atoms with Gasteiger partial charge in [-0.2, -0.15) is 0 Å². The minimum atomic E-state index is 0.315. The predicted octanol–water partition coefficient (Wildman–Crippen LogP) is 2.95. The van der Waals surface area contributed by atoms with Crippen LogP contribution in [0, 0.1) is 6.92 Å². The number of ether oxygens (including phenoxy) is 1. The van der Waals surface area contributed by atoms with Gasteiger partial charge in [0.25, 0.3) is 0 Å². The summed E-state index contributed by atoms with van der Waals surface area (Å²) in [5.74, 6) is 6.45. The van der Waals surface area contributed by atoms with Crippen molar-refractivity contribution in [3.8, 4) is 5.75 Å². The third-order valence-corrected chi connectivity index (χ3v) is 2.92. The Kier molecular flexibility index (Phi) is 7.14. The van der Waals surface area contributed by atoms with Gasteiger partial charge in [-0.25, -0.2) is 0 Å². The fourth-order valence-electron chi connectivity index (χ4n) is 1.84. The van der Waals surface area contributed by atoms with Crippen LogP contribution in [0.3, 0.4) is 0 Å². The van der Waals surface area contributed by atoms with Gasteiger partial charge in [0.2, 0.25) is 0 Å². The molecule has 3 nitrogen and oxygen atoms in total. The second kappa shape index (κ2) is 8.72. The topological polar surface area (TPSA) is 47.3 Å². The summed E-state index contributed by atoms with van der Waals surface area (Å²) in [5.41, 5.74) is 4.06. The number of nitrogens with one attached hydrogen (secondary N) is 1. The number of unbranched alkanes of at least 4 members (excludes halogenated alkanes) is 1. The van der Waals surface area contributed by atoms with Crippen LogP contribution in [0.15, 0.2) is 36.9 Å². The summed E-state index contributed by atoms with van der Waals surface area (Å²) in [6.07, 6.45) is 6.07. The maximum absolute atomic E-state index is 5.71. The van der Waals surface area contributed by atoms with E-state index < -0.39 is 0 Å². The van der Waals surface area contributed by atoms with Crippen molar-refractivity contribution >= 4 is 0 Å². The average Bonchev–Trinajstić information content (AvgIpc) is 2.37. The quantitative estimate of drug-likeness (QED) is 0.306. The molecule has 0 aromatic heterocycles. The van der Waals surface area contributed by atoms with Gasteiger partial charge >= 0.3 is 0 Å². The van der Waals surface area contributed by atoms with E-state index in [4.69, 9.17) is 10.6 Å². The molecule has 18 heavy (non-hydrogen) atoms. The van der Waals surface area contributed by atoms with Gasteiger partial charge in [-0.05, 0) is 50.3 Å². The molecule has 0 spiro atoms. The standard InChI is InChI=1S/C15H24N2O/c1-3-4-5-8-14(17-16)10-11-18-15-9-6-7-13(2)12-15/h3,6-7,9,12,14,17H,1,4-5,8,10-11,16H2,2H3. The van der Waals surface area contributed by atoms with Gasteiger partial charge < -0.3 is 4.74 Å². The van der Waals surface area contributed by atoms with E-state index in [2.05, 4.69) is 25.0 Å². The highest BCUT2D eigenvalue weighted by molar-refractivity contribution is 5.27. The molecule has 3 N–H and O–H groups in total. The summed E-state index contributed by atoms with van der Waals surface area (Å²) >= 11 is 0. The molecule has 3 heteroatoms. The molecule has 0 saturated carbocycles. The van der Waals surface area contributed by atoms with Crippen LogP contribution < -0.4 is 16.0 Å². The first kappa shape index (κ1) is 14.7. The smallest absolute Gasteiger partial charge is 0.119 e. The minimum Gasteiger partial charge on any atom is -0.494 e. The van der Waals surface area contributed by atoms with Crippen molar-refractivity contribution in [3.63, 3.8) is 0 Å². The number of hydrazine groups is 1. The zero-order chi connectivity index (χ0) is 13.2. The molecule has 1 aromatic carbocycles. The molecule has 1 rings (SSSR count). The molecular weight excluding hydrogens is 224 g/mol. The van der Waals surface area contributed by atoms with Crippen molar-refractivity contribution in [3.05, 3.63) is 42.5 Å². The van der Waals surface area contributed by atoms with Crippen LogP contribution in [0.2, 0.25) is 0 Å². The Balaban J connectivity index is 2.24. The Labute approximate surface area is 110 Å². The monoisotopic (exact) mass is 248 g/mol. The van der Waals surface area contributed by atoms with Crippen molar-refractivity contribution in [2.75, 3.05) is 6.61 Å². The average molecular weight is 248 g/mol. The first-order valence-corrected chi connectivity index (χ1v) is 6.52. The number of hydrogen-bond acceptors (Lipinski definition) is 3. The van der Waals surface area contributed by atoms with E-state index in [1.165, 1.54) is 5.56 Å². The fraction of sp³-hybridized carbons (Fsp3) is 0.467. The van der Waals surface area contributed by atoms with E-state index in [0.717, 1.165) is 31.4 Å². The third-order valence-electron chi connectivity index (χ3n) is 2.92. The summed E-state index contributed by atoms with van der Waals surface area (Å²) in [7, 11) is 0.